The third-order valence-corrected chi connectivity index (χ3v) is 6.17. The van der Waals surface area contributed by atoms with Crippen LogP contribution in [0.1, 0.15) is 85.4 Å². The van der Waals surface area contributed by atoms with Gasteiger partial charge in [0, 0.05) is 11.6 Å². The number of benzene rings is 2. The van der Waals surface area contributed by atoms with Crippen LogP contribution in [0.4, 0.5) is 5.69 Å². The van der Waals surface area contributed by atoms with Gasteiger partial charge in [0.1, 0.15) is 5.75 Å². The van der Waals surface area contributed by atoms with Crippen molar-refractivity contribution in [3.63, 3.8) is 0 Å². The minimum atomic E-state index is -0.323. The number of nitrogens with one attached hydrogen (secondary N) is 3. The van der Waals surface area contributed by atoms with Gasteiger partial charge in [-0.15, -0.1) is 0 Å². The Morgan fingerprint density at radius 2 is 1.68 bits per heavy atom. The first-order chi connectivity index (χ1) is 16.6. The molecule has 0 radical (unpaired) electrons. The maximum atomic E-state index is 12.8. The zero-order valence-electron chi connectivity index (χ0n) is 19.9. The minimum absolute atomic E-state index is 0.130. The Labute approximate surface area is 207 Å². The number of unbranched alkanes of at least 4 members (excludes halogenated alkanes) is 3. The van der Waals surface area contributed by atoms with Gasteiger partial charge in [-0.1, -0.05) is 57.6 Å². The normalized spacial score (nSPS) is 13.7. The number of para-hydroxylation sites is 1. The maximum absolute atomic E-state index is 12.8. The second kappa shape index (κ2) is 13.7. The molecular weight excluding hydrogens is 446 g/mol. The summed E-state index contributed by atoms with van der Waals surface area (Å²) in [7, 11) is 0. The standard InChI is InChI=1S/C27H35N3O3S/c1-2-3-4-10-19-33-22-17-15-20(16-18-22)25(31)30-27(34)29-24-14-9-8-13-23(24)26(32)28-21-11-6-5-7-12-21/h8-9,13-18,21H,2-7,10-12,19H2,1H3,(H,28,32)(H2,29,30,31,34). The predicted octanol–water partition coefficient (Wildman–Crippen LogP) is 5.84. The van der Waals surface area contributed by atoms with Crippen molar-refractivity contribution in [1.82, 2.24) is 10.6 Å². The lowest BCUT2D eigenvalue weighted by atomic mass is 9.95. The van der Waals surface area contributed by atoms with Gasteiger partial charge >= 0.3 is 0 Å². The smallest absolute Gasteiger partial charge is 0.257 e. The van der Waals surface area contributed by atoms with E-state index in [4.69, 9.17) is 17.0 Å². The average molecular weight is 482 g/mol. The fourth-order valence-electron chi connectivity index (χ4n) is 4.05. The van der Waals surface area contributed by atoms with Crippen molar-refractivity contribution >= 4 is 34.8 Å². The summed E-state index contributed by atoms with van der Waals surface area (Å²) >= 11 is 5.34. The van der Waals surface area contributed by atoms with Gasteiger partial charge in [0.25, 0.3) is 11.8 Å². The molecule has 6 nitrogen and oxygen atoms in total. The fraction of sp³-hybridized carbons (Fsp3) is 0.444. The summed E-state index contributed by atoms with van der Waals surface area (Å²) in [5, 5.41) is 8.95. The number of hydrogen-bond donors (Lipinski definition) is 3. The number of thiocarbonyl (C=S) groups is 1. The number of anilines is 1. The van der Waals surface area contributed by atoms with Gasteiger partial charge in [-0.25, -0.2) is 0 Å². The zero-order chi connectivity index (χ0) is 24.2. The molecule has 1 aliphatic rings. The Balaban J connectivity index is 1.51. The van der Waals surface area contributed by atoms with Crippen LogP contribution in [-0.4, -0.2) is 29.6 Å². The van der Waals surface area contributed by atoms with E-state index in [9.17, 15) is 9.59 Å². The molecule has 0 saturated heterocycles. The van der Waals surface area contributed by atoms with Crippen molar-refractivity contribution in [3.8, 4) is 5.75 Å². The van der Waals surface area contributed by atoms with Crippen molar-refractivity contribution in [2.24, 2.45) is 0 Å². The van der Waals surface area contributed by atoms with Gasteiger partial charge in [-0.3, -0.25) is 14.9 Å². The molecule has 2 aromatic carbocycles. The molecular formula is C27H35N3O3S. The molecule has 0 bridgehead atoms. The van der Waals surface area contributed by atoms with Crippen LogP contribution in [-0.2, 0) is 0 Å². The highest BCUT2D eigenvalue weighted by molar-refractivity contribution is 7.80. The minimum Gasteiger partial charge on any atom is -0.494 e. The summed E-state index contributed by atoms with van der Waals surface area (Å²) in [4.78, 5) is 25.4. The van der Waals surface area contributed by atoms with Crippen LogP contribution < -0.4 is 20.7 Å². The number of carbonyl (C=O) groups is 2. The van der Waals surface area contributed by atoms with Crippen molar-refractivity contribution < 1.29 is 14.3 Å². The second-order valence-electron chi connectivity index (χ2n) is 8.70. The van der Waals surface area contributed by atoms with E-state index in [2.05, 4.69) is 22.9 Å². The van der Waals surface area contributed by atoms with Crippen molar-refractivity contribution in [2.75, 3.05) is 11.9 Å². The molecule has 1 fully saturated rings. The van der Waals surface area contributed by atoms with Crippen LogP contribution in [0.2, 0.25) is 0 Å². The molecule has 0 unspecified atom stereocenters. The molecule has 3 N–H and O–H groups in total. The molecule has 1 saturated carbocycles. The first-order valence-electron chi connectivity index (χ1n) is 12.3. The number of hydrogen-bond acceptors (Lipinski definition) is 4. The molecule has 7 heteroatoms. The van der Waals surface area contributed by atoms with E-state index >= 15 is 0 Å². The second-order valence-corrected chi connectivity index (χ2v) is 9.10. The summed E-state index contributed by atoms with van der Waals surface area (Å²) in [5.74, 6) is 0.289. The van der Waals surface area contributed by atoms with Gasteiger partial charge in [0.15, 0.2) is 5.11 Å². The van der Waals surface area contributed by atoms with Crippen molar-refractivity contribution in [1.29, 1.82) is 0 Å². The summed E-state index contributed by atoms with van der Waals surface area (Å²) in [6.07, 6.45) is 10.1. The first kappa shape index (κ1) is 25.7. The molecule has 2 amide bonds. The highest BCUT2D eigenvalue weighted by Gasteiger charge is 2.19. The van der Waals surface area contributed by atoms with Crippen LogP contribution in [0.3, 0.4) is 0 Å². The number of carbonyl (C=O) groups excluding carboxylic acids is 2. The van der Waals surface area contributed by atoms with Gasteiger partial charge in [0.2, 0.25) is 0 Å². The lowest BCUT2D eigenvalue weighted by Gasteiger charge is -2.23. The van der Waals surface area contributed by atoms with E-state index in [-0.39, 0.29) is 23.0 Å². The molecule has 3 rings (SSSR count). The predicted molar refractivity (Wildman–Crippen MR) is 141 cm³/mol. The number of ether oxygens (including phenoxy) is 1. The van der Waals surface area contributed by atoms with E-state index in [1.807, 2.05) is 12.1 Å². The van der Waals surface area contributed by atoms with Crippen molar-refractivity contribution in [2.45, 2.75) is 70.8 Å². The third-order valence-electron chi connectivity index (χ3n) is 5.97. The Morgan fingerprint density at radius 3 is 2.41 bits per heavy atom. The monoisotopic (exact) mass is 481 g/mol. The molecule has 34 heavy (non-hydrogen) atoms. The fourth-order valence-corrected chi connectivity index (χ4v) is 4.25. The molecule has 1 aliphatic carbocycles. The molecule has 0 spiro atoms. The maximum Gasteiger partial charge on any atom is 0.257 e. The number of rotatable bonds is 10. The third kappa shape index (κ3) is 8.13. The average Bonchev–Trinajstić information content (AvgIpc) is 2.85. The van der Waals surface area contributed by atoms with E-state index in [0.717, 1.165) is 44.3 Å². The van der Waals surface area contributed by atoms with Crippen LogP contribution in [0.5, 0.6) is 5.75 Å². The first-order valence-corrected chi connectivity index (χ1v) is 12.7. The molecule has 2 aromatic rings. The zero-order valence-corrected chi connectivity index (χ0v) is 20.7. The van der Waals surface area contributed by atoms with Crippen LogP contribution >= 0.6 is 12.2 Å². The van der Waals surface area contributed by atoms with E-state index in [0.29, 0.717) is 23.4 Å². The number of amides is 2. The molecule has 0 heterocycles. The Bertz CT molecular complexity index is 956. The largest absolute Gasteiger partial charge is 0.494 e. The highest BCUT2D eigenvalue weighted by atomic mass is 32.1. The lowest BCUT2D eigenvalue weighted by Crippen LogP contribution is -2.37. The summed E-state index contributed by atoms with van der Waals surface area (Å²) in [5.41, 5.74) is 1.55. The van der Waals surface area contributed by atoms with Crippen LogP contribution in [0.25, 0.3) is 0 Å². The summed E-state index contributed by atoms with van der Waals surface area (Å²) < 4.78 is 5.73. The van der Waals surface area contributed by atoms with Crippen LogP contribution in [0.15, 0.2) is 48.5 Å². The van der Waals surface area contributed by atoms with E-state index in [1.165, 1.54) is 19.3 Å². The Kier molecular flexibility index (Phi) is 10.3. The summed E-state index contributed by atoms with van der Waals surface area (Å²) in [6, 6.07) is 14.4. The van der Waals surface area contributed by atoms with Gasteiger partial charge < -0.3 is 15.4 Å². The van der Waals surface area contributed by atoms with Gasteiger partial charge in [-0.2, -0.15) is 0 Å². The molecule has 0 aromatic heterocycles. The van der Waals surface area contributed by atoms with Crippen molar-refractivity contribution in [3.05, 3.63) is 59.7 Å². The molecule has 0 atom stereocenters. The molecule has 182 valence electrons. The Morgan fingerprint density at radius 1 is 0.941 bits per heavy atom. The van der Waals surface area contributed by atoms with Gasteiger partial charge in [0.05, 0.1) is 17.9 Å². The lowest BCUT2D eigenvalue weighted by molar-refractivity contribution is 0.0927. The topological polar surface area (TPSA) is 79.5 Å². The quantitative estimate of drug-likeness (QED) is 0.294. The SMILES string of the molecule is CCCCCCOc1ccc(C(=O)NC(=S)Nc2ccccc2C(=O)NC2CCCCC2)cc1. The Hall–Kier alpha value is -2.93. The van der Waals surface area contributed by atoms with E-state index in [1.54, 1.807) is 36.4 Å². The highest BCUT2D eigenvalue weighted by Crippen LogP contribution is 2.20. The summed E-state index contributed by atoms with van der Waals surface area (Å²) in [6.45, 7) is 2.85. The van der Waals surface area contributed by atoms with Crippen LogP contribution in [0, 0.1) is 0 Å². The van der Waals surface area contributed by atoms with E-state index < -0.39 is 0 Å². The molecule has 0 aliphatic heterocycles. The van der Waals surface area contributed by atoms with Gasteiger partial charge in [-0.05, 0) is 67.9 Å².